The Labute approximate surface area is 277 Å². The fourth-order valence-electron chi connectivity index (χ4n) is 5.90. The molecular formula is C38H35N3O5S. The molecule has 5 aromatic rings. The van der Waals surface area contributed by atoms with E-state index >= 15 is 0 Å². The Morgan fingerprint density at radius 1 is 0.851 bits per heavy atom. The van der Waals surface area contributed by atoms with Crippen LogP contribution in [0.2, 0.25) is 0 Å². The molecule has 1 heterocycles. The molecule has 0 fully saturated rings. The molecule has 8 nitrogen and oxygen atoms in total. The van der Waals surface area contributed by atoms with Gasteiger partial charge < -0.3 is 20.1 Å². The number of rotatable bonds is 10. The number of hydrogen-bond donors (Lipinski definition) is 2. The predicted molar refractivity (Wildman–Crippen MR) is 186 cm³/mol. The summed E-state index contributed by atoms with van der Waals surface area (Å²) >= 11 is 1.42. The van der Waals surface area contributed by atoms with Crippen LogP contribution in [0.3, 0.4) is 0 Å². The van der Waals surface area contributed by atoms with Crippen LogP contribution < -0.4 is 20.1 Å². The summed E-state index contributed by atoms with van der Waals surface area (Å²) in [5.41, 5.74) is 4.89. The first kappa shape index (κ1) is 31.7. The minimum absolute atomic E-state index is 0.0166. The van der Waals surface area contributed by atoms with Gasteiger partial charge in [0, 0.05) is 32.8 Å². The van der Waals surface area contributed by atoms with Gasteiger partial charge in [-0.2, -0.15) is 0 Å². The molecule has 0 radical (unpaired) electrons. The number of amides is 2. The SMILES string of the molecule is COc1ccc(OC)c(/C=C(\NC(=O)c2ccccc2)C(=O)Nc2cccc(SCC(=O)n3c4c(c5ccccc53)CCCC4)c2)c1. The number of methoxy groups -OCH3 is 2. The van der Waals surface area contributed by atoms with Crippen LogP contribution in [0.15, 0.2) is 108 Å². The lowest BCUT2D eigenvalue weighted by molar-refractivity contribution is -0.113. The summed E-state index contributed by atoms with van der Waals surface area (Å²) < 4.78 is 12.8. The standard InChI is InChI=1S/C38H35N3O5S/c1-45-28-19-20-35(46-2)26(21-28)22-32(40-37(43)25-11-4-3-5-12-25)38(44)39-27-13-10-14-29(23-27)47-24-36(42)41-33-17-8-6-15-30(33)31-16-7-9-18-34(31)41/h3-6,8,10-15,17,19-23H,7,9,16,18,24H2,1-2H3,(H,39,44)(H,40,43)/b32-22-. The van der Waals surface area contributed by atoms with E-state index in [9.17, 15) is 14.4 Å². The van der Waals surface area contributed by atoms with Crippen LogP contribution in [0, 0.1) is 0 Å². The normalized spacial score (nSPS) is 12.7. The molecule has 0 saturated heterocycles. The molecule has 0 atom stereocenters. The molecule has 0 spiro atoms. The summed E-state index contributed by atoms with van der Waals surface area (Å²) in [5.74, 6) is 0.393. The number of nitrogens with one attached hydrogen (secondary N) is 2. The fourth-order valence-corrected chi connectivity index (χ4v) is 6.71. The quantitative estimate of drug-likeness (QED) is 0.122. The maximum Gasteiger partial charge on any atom is 0.272 e. The van der Waals surface area contributed by atoms with Gasteiger partial charge in [0.2, 0.25) is 5.91 Å². The van der Waals surface area contributed by atoms with Crippen LogP contribution in [0.25, 0.3) is 17.0 Å². The van der Waals surface area contributed by atoms with Crippen molar-refractivity contribution < 1.29 is 23.9 Å². The highest BCUT2D eigenvalue weighted by Gasteiger charge is 2.23. The number of carbonyl (C=O) groups excluding carboxylic acids is 3. The molecule has 238 valence electrons. The van der Waals surface area contributed by atoms with Crippen LogP contribution in [-0.4, -0.2) is 42.3 Å². The van der Waals surface area contributed by atoms with Crippen molar-refractivity contribution >= 4 is 52.1 Å². The first-order chi connectivity index (χ1) is 22.9. The number of ether oxygens (including phenoxy) is 2. The van der Waals surface area contributed by atoms with E-state index < -0.39 is 11.8 Å². The minimum atomic E-state index is -0.525. The van der Waals surface area contributed by atoms with Gasteiger partial charge in [0.25, 0.3) is 11.8 Å². The average Bonchev–Trinajstić information content (AvgIpc) is 3.45. The van der Waals surface area contributed by atoms with E-state index in [1.54, 1.807) is 61.7 Å². The Morgan fingerprint density at radius 2 is 1.64 bits per heavy atom. The summed E-state index contributed by atoms with van der Waals surface area (Å²) in [6.07, 6.45) is 5.68. The molecule has 47 heavy (non-hydrogen) atoms. The van der Waals surface area contributed by atoms with E-state index in [4.69, 9.17) is 9.47 Å². The predicted octanol–water partition coefficient (Wildman–Crippen LogP) is 7.38. The third-order valence-corrected chi connectivity index (χ3v) is 9.13. The zero-order valence-electron chi connectivity index (χ0n) is 26.2. The van der Waals surface area contributed by atoms with Crippen molar-refractivity contribution in [2.45, 2.75) is 30.6 Å². The van der Waals surface area contributed by atoms with Gasteiger partial charge in [-0.3, -0.25) is 19.0 Å². The number of fused-ring (bicyclic) bond motifs is 3. The highest BCUT2D eigenvalue weighted by atomic mass is 32.2. The van der Waals surface area contributed by atoms with Crippen molar-refractivity contribution in [1.29, 1.82) is 0 Å². The first-order valence-corrected chi connectivity index (χ1v) is 16.4. The molecule has 9 heteroatoms. The molecule has 2 N–H and O–H groups in total. The molecule has 1 aliphatic rings. The zero-order valence-corrected chi connectivity index (χ0v) is 27.1. The third kappa shape index (κ3) is 7.10. The lowest BCUT2D eigenvalue weighted by Gasteiger charge is -2.15. The second-order valence-electron chi connectivity index (χ2n) is 11.1. The summed E-state index contributed by atoms with van der Waals surface area (Å²) in [6, 6.07) is 29.3. The highest BCUT2D eigenvalue weighted by Crippen LogP contribution is 2.33. The molecule has 4 aromatic carbocycles. The van der Waals surface area contributed by atoms with Crippen LogP contribution in [-0.2, 0) is 17.6 Å². The van der Waals surface area contributed by atoms with E-state index in [0.717, 1.165) is 41.8 Å². The van der Waals surface area contributed by atoms with Crippen LogP contribution in [0.5, 0.6) is 11.5 Å². The van der Waals surface area contributed by atoms with Gasteiger partial charge in [0.15, 0.2) is 0 Å². The molecule has 0 unspecified atom stereocenters. The Balaban J connectivity index is 1.22. The molecule has 0 saturated carbocycles. The van der Waals surface area contributed by atoms with Gasteiger partial charge in [-0.05, 0) is 91.9 Å². The topological polar surface area (TPSA) is 98.7 Å². The number of aromatic nitrogens is 1. The van der Waals surface area contributed by atoms with Gasteiger partial charge in [-0.1, -0.05) is 42.5 Å². The summed E-state index contributed by atoms with van der Waals surface area (Å²) in [7, 11) is 3.08. The van der Waals surface area contributed by atoms with E-state index in [0.29, 0.717) is 28.3 Å². The summed E-state index contributed by atoms with van der Waals surface area (Å²) in [4.78, 5) is 41.3. The van der Waals surface area contributed by atoms with Crippen molar-refractivity contribution in [3.05, 3.63) is 125 Å². The van der Waals surface area contributed by atoms with Gasteiger partial charge >= 0.3 is 0 Å². The Morgan fingerprint density at radius 3 is 2.45 bits per heavy atom. The lowest BCUT2D eigenvalue weighted by atomic mass is 9.96. The van der Waals surface area contributed by atoms with Crippen LogP contribution in [0.4, 0.5) is 5.69 Å². The van der Waals surface area contributed by atoms with Crippen molar-refractivity contribution in [1.82, 2.24) is 9.88 Å². The molecule has 0 aliphatic heterocycles. The smallest absolute Gasteiger partial charge is 0.272 e. The zero-order chi connectivity index (χ0) is 32.8. The molecule has 6 rings (SSSR count). The number of para-hydroxylation sites is 1. The minimum Gasteiger partial charge on any atom is -0.497 e. The fraction of sp³-hybridized carbons (Fsp3) is 0.184. The lowest BCUT2D eigenvalue weighted by Crippen LogP contribution is -2.30. The first-order valence-electron chi connectivity index (χ1n) is 15.4. The maximum atomic E-state index is 13.7. The van der Waals surface area contributed by atoms with E-state index in [2.05, 4.69) is 16.7 Å². The highest BCUT2D eigenvalue weighted by molar-refractivity contribution is 8.00. The number of anilines is 1. The van der Waals surface area contributed by atoms with Gasteiger partial charge in [0.05, 0.1) is 25.5 Å². The average molecular weight is 646 g/mol. The third-order valence-electron chi connectivity index (χ3n) is 8.15. The van der Waals surface area contributed by atoms with Crippen molar-refractivity contribution in [2.24, 2.45) is 0 Å². The number of carbonyl (C=O) groups is 3. The Bertz CT molecular complexity index is 1980. The number of aryl methyl sites for hydroxylation is 1. The molecular weight excluding hydrogens is 611 g/mol. The number of nitrogens with zero attached hydrogens (tertiary/aromatic N) is 1. The Kier molecular flexibility index (Phi) is 9.73. The number of hydrogen-bond acceptors (Lipinski definition) is 6. The monoisotopic (exact) mass is 645 g/mol. The van der Waals surface area contributed by atoms with Crippen molar-refractivity contribution in [2.75, 3.05) is 25.3 Å². The van der Waals surface area contributed by atoms with E-state index in [-0.39, 0.29) is 17.4 Å². The summed E-state index contributed by atoms with van der Waals surface area (Å²) in [6.45, 7) is 0. The van der Waals surface area contributed by atoms with Crippen molar-refractivity contribution in [3.8, 4) is 11.5 Å². The van der Waals surface area contributed by atoms with Crippen LogP contribution in [0.1, 0.15) is 44.8 Å². The second kappa shape index (κ2) is 14.4. The van der Waals surface area contributed by atoms with E-state index in [1.807, 2.05) is 47.0 Å². The molecule has 2 amide bonds. The molecule has 1 aliphatic carbocycles. The van der Waals surface area contributed by atoms with Gasteiger partial charge in [-0.15, -0.1) is 11.8 Å². The Hall–Kier alpha value is -5.28. The summed E-state index contributed by atoms with van der Waals surface area (Å²) in [5, 5.41) is 6.84. The molecule has 0 bridgehead atoms. The van der Waals surface area contributed by atoms with Gasteiger partial charge in [-0.25, -0.2) is 0 Å². The maximum absolute atomic E-state index is 13.7. The van der Waals surface area contributed by atoms with E-state index in [1.165, 1.54) is 29.8 Å². The van der Waals surface area contributed by atoms with Gasteiger partial charge in [0.1, 0.15) is 17.2 Å². The number of thioether (sulfide) groups is 1. The molecule has 1 aromatic heterocycles. The number of benzene rings is 4. The second-order valence-corrected chi connectivity index (χ2v) is 12.2. The van der Waals surface area contributed by atoms with Crippen LogP contribution >= 0.6 is 11.8 Å². The largest absolute Gasteiger partial charge is 0.497 e. The van der Waals surface area contributed by atoms with Crippen molar-refractivity contribution in [3.63, 3.8) is 0 Å².